The lowest BCUT2D eigenvalue weighted by Crippen LogP contribution is -1.97. The molecule has 9 heteroatoms. The summed E-state index contributed by atoms with van der Waals surface area (Å²) < 4.78 is 5.25. The molecule has 1 aromatic carbocycles. The van der Waals surface area contributed by atoms with Crippen molar-refractivity contribution in [2.45, 2.75) is 18.6 Å². The molecule has 0 unspecified atom stereocenters. The minimum Gasteiger partial charge on any atom is -0.477 e. The van der Waals surface area contributed by atoms with Gasteiger partial charge in [-0.2, -0.15) is 0 Å². The van der Waals surface area contributed by atoms with E-state index in [0.29, 0.717) is 17.9 Å². The van der Waals surface area contributed by atoms with Crippen LogP contribution in [-0.4, -0.2) is 26.2 Å². The van der Waals surface area contributed by atoms with E-state index in [4.69, 9.17) is 4.42 Å². The number of nitro groups is 1. The van der Waals surface area contributed by atoms with Gasteiger partial charge in [-0.15, -0.1) is 10.2 Å². The van der Waals surface area contributed by atoms with E-state index in [1.54, 1.807) is 0 Å². The molecule has 0 atom stereocenters. The molecule has 0 radical (unpaired) electrons. The van der Waals surface area contributed by atoms with Gasteiger partial charge in [0.25, 0.3) is 10.9 Å². The first-order valence-electron chi connectivity index (χ1n) is 6.19. The molecule has 0 fully saturated rings. The van der Waals surface area contributed by atoms with Crippen molar-refractivity contribution in [2.24, 2.45) is 0 Å². The highest BCUT2D eigenvalue weighted by atomic mass is 32.2. The highest BCUT2D eigenvalue weighted by molar-refractivity contribution is 8.03. The van der Waals surface area contributed by atoms with Gasteiger partial charge >= 0.3 is 5.97 Å². The van der Waals surface area contributed by atoms with E-state index in [0.717, 1.165) is 11.8 Å². The molecule has 0 amide bonds. The van der Waals surface area contributed by atoms with Crippen LogP contribution < -0.4 is 0 Å². The van der Waals surface area contributed by atoms with Gasteiger partial charge < -0.3 is 9.52 Å². The molecule has 1 aromatic heterocycles. The number of carboxylic acids is 1. The molecule has 1 heterocycles. The van der Waals surface area contributed by atoms with Gasteiger partial charge in [0.05, 0.1) is 4.92 Å². The number of hydrogen-bond acceptors (Lipinski definition) is 7. The quantitative estimate of drug-likeness (QED) is 0.373. The van der Waals surface area contributed by atoms with Crippen LogP contribution in [0.2, 0.25) is 0 Å². The maximum absolute atomic E-state index is 11.3. The number of rotatable bonds is 6. The molecule has 0 saturated heterocycles. The lowest BCUT2D eigenvalue weighted by Gasteiger charge is -1.99. The third kappa shape index (κ3) is 3.92. The molecule has 114 valence electrons. The molecule has 1 N–H and O–H groups in total. The summed E-state index contributed by atoms with van der Waals surface area (Å²) in [6.07, 6.45) is 1.94. The molecule has 2 rings (SSSR count). The molecular weight excluding hydrogens is 310 g/mol. The average molecular weight is 321 g/mol. The van der Waals surface area contributed by atoms with Crippen molar-refractivity contribution in [3.8, 4) is 0 Å². The van der Waals surface area contributed by atoms with E-state index < -0.39 is 10.9 Å². The fourth-order valence-corrected chi connectivity index (χ4v) is 2.18. The second-order valence-corrected chi connectivity index (χ2v) is 5.07. The molecule has 0 aliphatic rings. The molecule has 0 saturated carbocycles. The van der Waals surface area contributed by atoms with Gasteiger partial charge in [-0.25, -0.2) is 4.79 Å². The van der Waals surface area contributed by atoms with Crippen molar-refractivity contribution in [2.75, 3.05) is 0 Å². The summed E-state index contributed by atoms with van der Waals surface area (Å²) in [5.41, 5.74) is 0.455. The first kappa shape index (κ1) is 15.7. The SMILES string of the molecule is CCc1nnc(S/C(=C\c2ccc([N+](=O)[O-])cc2)C(=O)O)o1. The number of carbonyl (C=O) groups is 1. The average Bonchev–Trinajstić information content (AvgIpc) is 2.94. The topological polar surface area (TPSA) is 119 Å². The minimum absolute atomic E-state index is 0.0276. The Hall–Kier alpha value is -2.68. The summed E-state index contributed by atoms with van der Waals surface area (Å²) in [6, 6.07) is 5.54. The van der Waals surface area contributed by atoms with Crippen molar-refractivity contribution in [3.63, 3.8) is 0 Å². The smallest absolute Gasteiger partial charge is 0.342 e. The molecule has 0 aliphatic heterocycles. The molecular formula is C13H11N3O5S. The zero-order chi connectivity index (χ0) is 16.1. The summed E-state index contributed by atoms with van der Waals surface area (Å²) in [4.78, 5) is 21.3. The van der Waals surface area contributed by atoms with E-state index in [9.17, 15) is 20.0 Å². The number of aliphatic carboxylic acids is 1. The minimum atomic E-state index is -1.15. The number of carboxylic acid groups (broad SMARTS) is 1. The molecule has 0 spiro atoms. The van der Waals surface area contributed by atoms with Crippen molar-refractivity contribution in [1.29, 1.82) is 0 Å². The van der Waals surface area contributed by atoms with Crippen LogP contribution in [-0.2, 0) is 11.2 Å². The lowest BCUT2D eigenvalue weighted by atomic mass is 10.2. The van der Waals surface area contributed by atoms with E-state index in [1.807, 2.05) is 6.92 Å². The Morgan fingerprint density at radius 3 is 2.59 bits per heavy atom. The fourth-order valence-electron chi connectivity index (χ4n) is 1.49. The van der Waals surface area contributed by atoms with Gasteiger partial charge in [0.1, 0.15) is 4.91 Å². The number of thioether (sulfide) groups is 1. The van der Waals surface area contributed by atoms with Crippen LogP contribution in [0.1, 0.15) is 18.4 Å². The van der Waals surface area contributed by atoms with E-state index >= 15 is 0 Å². The van der Waals surface area contributed by atoms with Crippen molar-refractivity contribution >= 4 is 29.5 Å². The van der Waals surface area contributed by atoms with Crippen LogP contribution in [0, 0.1) is 10.1 Å². The van der Waals surface area contributed by atoms with Crippen LogP contribution in [0.4, 0.5) is 5.69 Å². The zero-order valence-electron chi connectivity index (χ0n) is 11.4. The van der Waals surface area contributed by atoms with Crippen molar-refractivity contribution in [1.82, 2.24) is 10.2 Å². The number of non-ortho nitro benzene ring substituents is 1. The number of aromatic nitrogens is 2. The van der Waals surface area contributed by atoms with Crippen molar-refractivity contribution in [3.05, 3.63) is 50.7 Å². The second kappa shape index (κ2) is 6.85. The van der Waals surface area contributed by atoms with E-state index in [-0.39, 0.29) is 15.8 Å². The maximum atomic E-state index is 11.3. The second-order valence-electron chi connectivity index (χ2n) is 4.08. The van der Waals surface area contributed by atoms with Gasteiger partial charge in [-0.3, -0.25) is 10.1 Å². The third-order valence-corrected chi connectivity index (χ3v) is 3.41. The van der Waals surface area contributed by atoms with Crippen LogP contribution in [0.25, 0.3) is 6.08 Å². The number of nitrogens with zero attached hydrogens (tertiary/aromatic N) is 3. The Labute approximate surface area is 129 Å². The highest BCUT2D eigenvalue weighted by Crippen LogP contribution is 2.28. The van der Waals surface area contributed by atoms with Crippen LogP contribution in [0.15, 0.2) is 38.8 Å². The summed E-state index contributed by atoms with van der Waals surface area (Å²) >= 11 is 0.826. The molecule has 8 nitrogen and oxygen atoms in total. The number of benzene rings is 1. The van der Waals surface area contributed by atoms with Gasteiger partial charge in [-0.1, -0.05) is 6.92 Å². The first-order valence-corrected chi connectivity index (χ1v) is 7.01. The van der Waals surface area contributed by atoms with Crippen LogP contribution >= 0.6 is 11.8 Å². The first-order chi connectivity index (χ1) is 10.5. The Morgan fingerprint density at radius 1 is 1.41 bits per heavy atom. The van der Waals surface area contributed by atoms with Gasteiger partial charge in [0.15, 0.2) is 0 Å². The molecule has 0 bridgehead atoms. The fraction of sp³-hybridized carbons (Fsp3) is 0.154. The van der Waals surface area contributed by atoms with Gasteiger partial charge in [0, 0.05) is 18.6 Å². The van der Waals surface area contributed by atoms with Gasteiger partial charge in [0.2, 0.25) is 5.89 Å². The number of aryl methyl sites for hydroxylation is 1. The summed E-state index contributed by atoms with van der Waals surface area (Å²) in [5.74, 6) is -0.734. The monoisotopic (exact) mass is 321 g/mol. The van der Waals surface area contributed by atoms with E-state index in [1.165, 1.54) is 30.3 Å². The van der Waals surface area contributed by atoms with E-state index in [2.05, 4.69) is 10.2 Å². The molecule has 22 heavy (non-hydrogen) atoms. The Morgan fingerprint density at radius 2 is 2.09 bits per heavy atom. The van der Waals surface area contributed by atoms with Crippen LogP contribution in [0.3, 0.4) is 0 Å². The molecule has 0 aliphatic carbocycles. The normalized spacial score (nSPS) is 11.4. The predicted molar refractivity (Wildman–Crippen MR) is 78.2 cm³/mol. The molecule has 2 aromatic rings. The Kier molecular flexibility index (Phi) is 4.89. The largest absolute Gasteiger partial charge is 0.477 e. The number of hydrogen-bond donors (Lipinski definition) is 1. The maximum Gasteiger partial charge on any atom is 0.342 e. The van der Waals surface area contributed by atoms with Crippen LogP contribution in [0.5, 0.6) is 0 Å². The third-order valence-electron chi connectivity index (χ3n) is 2.56. The zero-order valence-corrected chi connectivity index (χ0v) is 12.2. The van der Waals surface area contributed by atoms with Crippen molar-refractivity contribution < 1.29 is 19.2 Å². The highest BCUT2D eigenvalue weighted by Gasteiger charge is 2.15. The summed E-state index contributed by atoms with van der Waals surface area (Å²) in [5, 5.41) is 27.4. The summed E-state index contributed by atoms with van der Waals surface area (Å²) in [7, 11) is 0. The summed E-state index contributed by atoms with van der Waals surface area (Å²) in [6.45, 7) is 1.84. The number of nitro benzene ring substituents is 1. The van der Waals surface area contributed by atoms with Gasteiger partial charge in [-0.05, 0) is 35.5 Å². The predicted octanol–water partition coefficient (Wildman–Crippen LogP) is 2.76. The Balaban J connectivity index is 2.22. The Bertz CT molecular complexity index is 724. The standard InChI is InChI=1S/C13H11N3O5S/c1-2-11-14-15-13(21-11)22-10(12(17)18)7-8-3-5-9(6-4-8)16(19)20/h3-7H,2H2,1H3,(H,17,18)/b10-7-. The lowest BCUT2D eigenvalue weighted by molar-refractivity contribution is -0.384.